The summed E-state index contributed by atoms with van der Waals surface area (Å²) in [5.74, 6) is 1.00. The average molecular weight is 371 g/mol. The molecule has 2 aromatic heterocycles. The van der Waals surface area contributed by atoms with Crippen molar-refractivity contribution >= 4 is 28.8 Å². The summed E-state index contributed by atoms with van der Waals surface area (Å²) in [6.07, 6.45) is 5.57. The molecule has 136 valence electrons. The smallest absolute Gasteiger partial charge is 0.152 e. The van der Waals surface area contributed by atoms with Crippen LogP contribution >= 0.6 is 11.9 Å². The molecule has 1 aromatic carbocycles. The molecule has 26 heavy (non-hydrogen) atoms. The van der Waals surface area contributed by atoms with Gasteiger partial charge in [-0.2, -0.15) is 0 Å². The molecule has 1 saturated heterocycles. The number of rotatable bonds is 4. The molecular weight excluding hydrogens is 349 g/mol. The lowest BCUT2D eigenvalue weighted by molar-refractivity contribution is 0.336. The molecule has 5 nitrogen and oxygen atoms in total. The van der Waals surface area contributed by atoms with Crippen molar-refractivity contribution in [1.29, 1.82) is 0 Å². The maximum absolute atomic E-state index is 14.4. The van der Waals surface area contributed by atoms with Crippen LogP contribution in [-0.4, -0.2) is 51.7 Å². The van der Waals surface area contributed by atoms with Gasteiger partial charge in [0.15, 0.2) is 5.82 Å². The number of para-hydroxylation sites is 2. The highest BCUT2D eigenvalue weighted by molar-refractivity contribution is 7.96. The van der Waals surface area contributed by atoms with E-state index in [0.717, 1.165) is 42.8 Å². The molecule has 0 saturated carbocycles. The molecule has 0 aliphatic carbocycles. The van der Waals surface area contributed by atoms with Gasteiger partial charge in [0, 0.05) is 19.1 Å². The summed E-state index contributed by atoms with van der Waals surface area (Å²) in [5, 5.41) is 0. The summed E-state index contributed by atoms with van der Waals surface area (Å²) >= 11 is 1.77. The topological polar surface area (TPSA) is 48.0 Å². The van der Waals surface area contributed by atoms with Crippen molar-refractivity contribution in [3.8, 4) is 11.4 Å². The number of H-pyrrole nitrogens is 1. The van der Waals surface area contributed by atoms with Gasteiger partial charge in [-0.05, 0) is 44.3 Å². The standard InChI is InChI=1S/C19H22FN5S/c1-24(26-2)13-7-9-25(10-8-13)18-11-14(15(20)12-21-18)19-22-16-5-3-4-6-17(16)23-19/h3-6,11-13H,7-10H2,1-2H3,(H,22,23). The van der Waals surface area contributed by atoms with Crippen molar-refractivity contribution in [2.45, 2.75) is 18.9 Å². The van der Waals surface area contributed by atoms with Crippen LogP contribution in [0.25, 0.3) is 22.4 Å². The van der Waals surface area contributed by atoms with Crippen molar-refractivity contribution in [2.24, 2.45) is 0 Å². The van der Waals surface area contributed by atoms with Crippen molar-refractivity contribution < 1.29 is 4.39 Å². The van der Waals surface area contributed by atoms with Gasteiger partial charge in [0.05, 0.1) is 22.8 Å². The Morgan fingerprint density at radius 2 is 2.04 bits per heavy atom. The summed E-state index contributed by atoms with van der Waals surface area (Å²) < 4.78 is 16.7. The van der Waals surface area contributed by atoms with Gasteiger partial charge in [-0.15, -0.1) is 0 Å². The molecule has 0 bridgehead atoms. The second-order valence-electron chi connectivity index (χ2n) is 6.57. The number of imidazole rings is 1. The average Bonchev–Trinajstić information content (AvgIpc) is 3.12. The molecule has 1 aliphatic rings. The van der Waals surface area contributed by atoms with E-state index in [1.807, 2.05) is 30.3 Å². The van der Waals surface area contributed by atoms with Crippen molar-refractivity contribution in [2.75, 3.05) is 31.3 Å². The van der Waals surface area contributed by atoms with Crippen LogP contribution < -0.4 is 4.90 Å². The molecule has 0 amide bonds. The number of aromatic nitrogens is 3. The zero-order valence-corrected chi connectivity index (χ0v) is 15.8. The van der Waals surface area contributed by atoms with Gasteiger partial charge in [-0.25, -0.2) is 14.4 Å². The Bertz CT molecular complexity index is 871. The molecule has 3 heterocycles. The monoisotopic (exact) mass is 371 g/mol. The van der Waals surface area contributed by atoms with Gasteiger partial charge < -0.3 is 9.88 Å². The molecule has 0 radical (unpaired) electrons. The van der Waals surface area contributed by atoms with Crippen molar-refractivity contribution in [3.63, 3.8) is 0 Å². The Hall–Kier alpha value is -2.12. The predicted octanol–water partition coefficient (Wildman–Crippen LogP) is 3.94. The number of piperidine rings is 1. The highest BCUT2D eigenvalue weighted by atomic mass is 32.2. The van der Waals surface area contributed by atoms with E-state index in [1.165, 1.54) is 6.20 Å². The van der Waals surface area contributed by atoms with Crippen LogP contribution in [0.2, 0.25) is 0 Å². The number of pyridine rings is 1. The Labute approximate surface area is 156 Å². The predicted molar refractivity (Wildman–Crippen MR) is 106 cm³/mol. The summed E-state index contributed by atoms with van der Waals surface area (Å²) in [5.41, 5.74) is 2.21. The molecule has 0 unspecified atom stereocenters. The highest BCUT2D eigenvalue weighted by Gasteiger charge is 2.24. The largest absolute Gasteiger partial charge is 0.356 e. The van der Waals surface area contributed by atoms with Crippen LogP contribution in [0, 0.1) is 5.82 Å². The fourth-order valence-electron chi connectivity index (χ4n) is 3.47. The van der Waals surface area contributed by atoms with Gasteiger partial charge in [-0.1, -0.05) is 24.1 Å². The minimum Gasteiger partial charge on any atom is -0.356 e. The van der Waals surface area contributed by atoms with E-state index in [-0.39, 0.29) is 5.82 Å². The molecule has 1 aliphatic heterocycles. The number of nitrogens with zero attached hydrogens (tertiary/aromatic N) is 4. The van der Waals surface area contributed by atoms with Crippen molar-refractivity contribution in [3.05, 3.63) is 42.3 Å². The molecule has 0 atom stereocenters. The Balaban J connectivity index is 1.59. The second kappa shape index (κ2) is 7.25. The number of hydrogen-bond acceptors (Lipinski definition) is 5. The van der Waals surface area contributed by atoms with Gasteiger partial charge in [0.1, 0.15) is 11.6 Å². The van der Waals surface area contributed by atoms with Crippen molar-refractivity contribution in [1.82, 2.24) is 19.3 Å². The number of benzene rings is 1. The minimum absolute atomic E-state index is 0.357. The molecule has 3 aromatic rings. The first-order chi connectivity index (χ1) is 12.7. The number of nitrogens with one attached hydrogen (secondary N) is 1. The first-order valence-electron chi connectivity index (χ1n) is 8.78. The first-order valence-corrected chi connectivity index (χ1v) is 9.96. The minimum atomic E-state index is -0.357. The molecule has 1 N–H and O–H groups in total. The van der Waals surface area contributed by atoms with Crippen LogP contribution in [0.4, 0.5) is 10.2 Å². The number of hydrogen-bond donors (Lipinski definition) is 1. The van der Waals surface area contributed by atoms with Crippen LogP contribution in [0.5, 0.6) is 0 Å². The van der Waals surface area contributed by atoms with E-state index in [9.17, 15) is 4.39 Å². The van der Waals surface area contributed by atoms with E-state index < -0.39 is 0 Å². The maximum atomic E-state index is 14.4. The second-order valence-corrected chi connectivity index (χ2v) is 7.51. The maximum Gasteiger partial charge on any atom is 0.152 e. The molecule has 7 heteroatoms. The number of fused-ring (bicyclic) bond motifs is 1. The van der Waals surface area contributed by atoms with Gasteiger partial charge in [-0.3, -0.25) is 4.31 Å². The normalized spacial score (nSPS) is 15.9. The first kappa shape index (κ1) is 17.3. The fraction of sp³-hybridized carbons (Fsp3) is 0.368. The van der Waals surface area contributed by atoms with Gasteiger partial charge in [0.25, 0.3) is 0 Å². The van der Waals surface area contributed by atoms with E-state index in [0.29, 0.717) is 17.4 Å². The lowest BCUT2D eigenvalue weighted by Crippen LogP contribution is -2.41. The third kappa shape index (κ3) is 3.29. The quantitative estimate of drug-likeness (QED) is 0.704. The number of aromatic amines is 1. The lowest BCUT2D eigenvalue weighted by atomic mass is 10.1. The molecular formula is C19H22FN5S. The number of anilines is 1. The number of halogens is 1. The highest BCUT2D eigenvalue weighted by Crippen LogP contribution is 2.28. The third-order valence-electron chi connectivity index (χ3n) is 5.08. The van der Waals surface area contributed by atoms with Gasteiger partial charge in [0.2, 0.25) is 0 Å². The van der Waals surface area contributed by atoms with Crippen LogP contribution in [0.3, 0.4) is 0 Å². The SMILES string of the molecule is CSN(C)C1CCN(c2cc(-c3nc4ccccc4[nH]3)c(F)cn2)CC1. The van der Waals surface area contributed by atoms with Crippen LogP contribution in [0.1, 0.15) is 12.8 Å². The lowest BCUT2D eigenvalue weighted by Gasteiger charge is -2.36. The van der Waals surface area contributed by atoms with E-state index in [1.54, 1.807) is 11.9 Å². The zero-order chi connectivity index (χ0) is 18.1. The third-order valence-corrected chi connectivity index (χ3v) is 5.95. The summed E-state index contributed by atoms with van der Waals surface area (Å²) in [7, 11) is 2.14. The molecule has 1 fully saturated rings. The van der Waals surface area contributed by atoms with E-state index >= 15 is 0 Å². The van der Waals surface area contributed by atoms with Crippen LogP contribution in [-0.2, 0) is 0 Å². The summed E-state index contributed by atoms with van der Waals surface area (Å²) in [6.45, 7) is 1.85. The Morgan fingerprint density at radius 3 is 2.77 bits per heavy atom. The summed E-state index contributed by atoms with van der Waals surface area (Å²) in [4.78, 5) is 14.3. The zero-order valence-electron chi connectivity index (χ0n) is 14.9. The molecule has 4 rings (SSSR count). The fourth-order valence-corrected chi connectivity index (χ4v) is 3.98. The molecule has 0 spiro atoms. The Kier molecular flexibility index (Phi) is 4.82. The summed E-state index contributed by atoms with van der Waals surface area (Å²) in [6, 6.07) is 10.1. The van der Waals surface area contributed by atoms with Crippen LogP contribution in [0.15, 0.2) is 36.5 Å². The van der Waals surface area contributed by atoms with E-state index in [4.69, 9.17) is 0 Å². The van der Waals surface area contributed by atoms with Gasteiger partial charge >= 0.3 is 0 Å². The van der Waals surface area contributed by atoms with E-state index in [2.05, 4.69) is 37.5 Å². The Morgan fingerprint density at radius 1 is 1.27 bits per heavy atom.